The molecule has 0 aromatic heterocycles. The molecule has 0 unspecified atom stereocenters. The van der Waals surface area contributed by atoms with Gasteiger partial charge in [-0.05, 0) is 44.9 Å². The predicted molar refractivity (Wildman–Crippen MR) is 121 cm³/mol. The van der Waals surface area contributed by atoms with Crippen LogP contribution in [0.4, 0.5) is 19.3 Å². The second kappa shape index (κ2) is 11.7. The van der Waals surface area contributed by atoms with Crippen LogP contribution in [0.3, 0.4) is 0 Å². The zero-order chi connectivity index (χ0) is 24.6. The Balaban J connectivity index is 2.06. The van der Waals surface area contributed by atoms with Crippen molar-refractivity contribution in [2.75, 3.05) is 5.32 Å². The van der Waals surface area contributed by atoms with E-state index in [0.717, 1.165) is 17.7 Å². The molecule has 2 rings (SSSR count). The molecule has 10 heteroatoms. The van der Waals surface area contributed by atoms with E-state index in [1.165, 1.54) is 0 Å². The maximum absolute atomic E-state index is 14.1. The van der Waals surface area contributed by atoms with Crippen LogP contribution in [0.15, 0.2) is 46.9 Å². The van der Waals surface area contributed by atoms with E-state index in [1.807, 2.05) is 6.07 Å². The van der Waals surface area contributed by atoms with E-state index in [-0.39, 0.29) is 23.9 Å². The number of hydrogen-bond acceptors (Lipinski definition) is 5. The molecule has 7 nitrogen and oxygen atoms in total. The van der Waals surface area contributed by atoms with Gasteiger partial charge in [0.15, 0.2) is 11.6 Å². The molecular weight excluding hydrogens is 502 g/mol. The average Bonchev–Trinajstić information content (AvgIpc) is 2.71. The fourth-order valence-corrected chi connectivity index (χ4v) is 3.06. The summed E-state index contributed by atoms with van der Waals surface area (Å²) < 4.78 is 38.7. The Labute approximate surface area is 199 Å². The Bertz CT molecular complexity index is 973. The highest BCUT2D eigenvalue weighted by Crippen LogP contribution is 2.24. The summed E-state index contributed by atoms with van der Waals surface area (Å²) in [5, 5.41) is 4.46. The zero-order valence-electron chi connectivity index (χ0n) is 18.4. The molecule has 2 aromatic carbocycles. The third kappa shape index (κ3) is 9.17. The van der Waals surface area contributed by atoms with Crippen LogP contribution >= 0.6 is 15.9 Å². The molecule has 0 aliphatic heterocycles. The molecule has 0 saturated carbocycles. The van der Waals surface area contributed by atoms with E-state index < -0.39 is 46.9 Å². The van der Waals surface area contributed by atoms with Gasteiger partial charge in [-0.2, -0.15) is 0 Å². The first-order valence-electron chi connectivity index (χ1n) is 10.1. The van der Waals surface area contributed by atoms with Gasteiger partial charge in [-0.25, -0.2) is 13.6 Å². The molecule has 178 valence electrons. The van der Waals surface area contributed by atoms with E-state index >= 15 is 0 Å². The number of benzene rings is 2. The summed E-state index contributed by atoms with van der Waals surface area (Å²) in [6.07, 6.45) is -1.33. The molecule has 0 aliphatic rings. The van der Waals surface area contributed by atoms with Crippen molar-refractivity contribution in [3.05, 3.63) is 64.1 Å². The lowest BCUT2D eigenvalue weighted by atomic mass is 10.1. The van der Waals surface area contributed by atoms with Crippen molar-refractivity contribution in [3.8, 4) is 0 Å². The second-order valence-corrected chi connectivity index (χ2v) is 9.03. The first kappa shape index (κ1) is 26.2. The molecule has 0 radical (unpaired) electrons. The fraction of sp³-hybridized carbons (Fsp3) is 0.348. The van der Waals surface area contributed by atoms with Gasteiger partial charge in [0.05, 0.1) is 0 Å². The summed E-state index contributed by atoms with van der Waals surface area (Å²) in [5.74, 6) is -3.54. The quantitative estimate of drug-likeness (QED) is 0.467. The number of halogens is 3. The standard InChI is InChI=1S/C23H25BrF2N2O5/c1-23(2,3)33-22(31)27-18(9-10-19(29)32-13-14-7-5-4-6-8-14)21(30)28-20-16(25)11-15(24)12-17(20)26/h4-8,11-12,18H,9-10,13H2,1-3H3,(H,27,31)(H,28,30)/t18-/m1/s1. The lowest BCUT2D eigenvalue weighted by molar-refractivity contribution is -0.145. The normalized spacial score (nSPS) is 11.9. The smallest absolute Gasteiger partial charge is 0.408 e. The maximum Gasteiger partial charge on any atom is 0.408 e. The number of anilines is 1. The SMILES string of the molecule is CC(C)(C)OC(=O)N[C@H](CCC(=O)OCc1ccccc1)C(=O)Nc1c(F)cc(Br)cc1F. The Morgan fingerprint density at radius 1 is 1.06 bits per heavy atom. The summed E-state index contributed by atoms with van der Waals surface area (Å²) in [5.41, 5.74) is -0.733. The Hall–Kier alpha value is -3.01. The van der Waals surface area contributed by atoms with Crippen molar-refractivity contribution in [3.63, 3.8) is 0 Å². The number of alkyl carbamates (subject to hydrolysis) is 1. The van der Waals surface area contributed by atoms with Gasteiger partial charge < -0.3 is 20.1 Å². The van der Waals surface area contributed by atoms with E-state index in [0.29, 0.717) is 0 Å². The van der Waals surface area contributed by atoms with E-state index in [9.17, 15) is 23.2 Å². The van der Waals surface area contributed by atoms with Crippen molar-refractivity contribution >= 4 is 39.6 Å². The van der Waals surface area contributed by atoms with Crippen molar-refractivity contribution in [2.24, 2.45) is 0 Å². The third-order valence-electron chi connectivity index (χ3n) is 4.14. The van der Waals surface area contributed by atoms with Crippen LogP contribution < -0.4 is 10.6 Å². The lowest BCUT2D eigenvalue weighted by Crippen LogP contribution is -2.46. The van der Waals surface area contributed by atoms with Gasteiger partial charge in [0.1, 0.15) is 23.9 Å². The van der Waals surface area contributed by atoms with Crippen LogP contribution in [0.2, 0.25) is 0 Å². The van der Waals surface area contributed by atoms with E-state index in [1.54, 1.807) is 45.0 Å². The van der Waals surface area contributed by atoms with Gasteiger partial charge >= 0.3 is 12.1 Å². The fourth-order valence-electron chi connectivity index (χ4n) is 2.66. The summed E-state index contributed by atoms with van der Waals surface area (Å²) in [6, 6.07) is 9.65. The number of ether oxygens (including phenoxy) is 2. The number of carbonyl (C=O) groups excluding carboxylic acids is 3. The predicted octanol–water partition coefficient (Wildman–Crippen LogP) is 5.08. The molecule has 1 atom stereocenters. The monoisotopic (exact) mass is 526 g/mol. The maximum atomic E-state index is 14.1. The zero-order valence-corrected chi connectivity index (χ0v) is 20.0. The van der Waals surface area contributed by atoms with Gasteiger partial charge in [0.25, 0.3) is 0 Å². The van der Waals surface area contributed by atoms with Crippen LogP contribution in [-0.2, 0) is 25.7 Å². The van der Waals surface area contributed by atoms with Crippen LogP contribution in [0, 0.1) is 11.6 Å². The molecule has 0 spiro atoms. The summed E-state index contributed by atoms with van der Waals surface area (Å²) in [6.45, 7) is 4.95. The molecule has 33 heavy (non-hydrogen) atoms. The largest absolute Gasteiger partial charge is 0.461 e. The first-order valence-corrected chi connectivity index (χ1v) is 10.9. The molecule has 0 heterocycles. The summed E-state index contributed by atoms with van der Waals surface area (Å²) in [4.78, 5) is 37.0. The topological polar surface area (TPSA) is 93.7 Å². The Kier molecular flexibility index (Phi) is 9.33. The van der Waals surface area contributed by atoms with Crippen molar-refractivity contribution < 1.29 is 32.6 Å². The number of nitrogens with one attached hydrogen (secondary N) is 2. The summed E-state index contributed by atoms with van der Waals surface area (Å²) in [7, 11) is 0. The number of esters is 1. The molecule has 0 bridgehead atoms. The van der Waals surface area contributed by atoms with Crippen LogP contribution in [0.5, 0.6) is 0 Å². The van der Waals surface area contributed by atoms with Gasteiger partial charge in [0, 0.05) is 10.9 Å². The molecule has 0 aliphatic carbocycles. The molecule has 0 fully saturated rings. The van der Waals surface area contributed by atoms with Gasteiger partial charge in [-0.3, -0.25) is 9.59 Å². The van der Waals surface area contributed by atoms with Crippen molar-refractivity contribution in [1.82, 2.24) is 5.32 Å². The van der Waals surface area contributed by atoms with E-state index in [2.05, 4.69) is 26.6 Å². The Morgan fingerprint density at radius 3 is 2.24 bits per heavy atom. The van der Waals surface area contributed by atoms with Crippen LogP contribution in [0.1, 0.15) is 39.2 Å². The highest BCUT2D eigenvalue weighted by molar-refractivity contribution is 9.10. The summed E-state index contributed by atoms with van der Waals surface area (Å²) >= 11 is 2.96. The number of amides is 2. The van der Waals surface area contributed by atoms with E-state index in [4.69, 9.17) is 9.47 Å². The minimum atomic E-state index is -1.31. The third-order valence-corrected chi connectivity index (χ3v) is 4.60. The first-order chi connectivity index (χ1) is 15.4. The second-order valence-electron chi connectivity index (χ2n) is 8.12. The minimum absolute atomic E-state index is 0.0470. The number of carbonyl (C=O) groups is 3. The van der Waals surface area contributed by atoms with Crippen LogP contribution in [0.25, 0.3) is 0 Å². The van der Waals surface area contributed by atoms with Crippen LogP contribution in [-0.4, -0.2) is 29.6 Å². The molecule has 0 saturated heterocycles. The van der Waals surface area contributed by atoms with Crippen molar-refractivity contribution in [2.45, 2.75) is 51.9 Å². The molecule has 2 N–H and O–H groups in total. The number of hydrogen-bond donors (Lipinski definition) is 2. The minimum Gasteiger partial charge on any atom is -0.461 e. The van der Waals surface area contributed by atoms with Gasteiger partial charge in [-0.15, -0.1) is 0 Å². The van der Waals surface area contributed by atoms with Crippen molar-refractivity contribution in [1.29, 1.82) is 0 Å². The van der Waals surface area contributed by atoms with Gasteiger partial charge in [0.2, 0.25) is 5.91 Å². The highest BCUT2D eigenvalue weighted by atomic mass is 79.9. The lowest BCUT2D eigenvalue weighted by Gasteiger charge is -2.23. The molecule has 2 amide bonds. The highest BCUT2D eigenvalue weighted by Gasteiger charge is 2.27. The molecule has 2 aromatic rings. The van der Waals surface area contributed by atoms with Gasteiger partial charge in [-0.1, -0.05) is 46.3 Å². The molecular formula is C23H25BrF2N2O5. The average molecular weight is 527 g/mol. The number of rotatable bonds is 8. The Morgan fingerprint density at radius 2 is 1.67 bits per heavy atom.